The van der Waals surface area contributed by atoms with E-state index in [1.54, 1.807) is 42.2 Å². The minimum atomic E-state index is -0.667. The van der Waals surface area contributed by atoms with Crippen LogP contribution in [0.4, 0.5) is 5.69 Å². The van der Waals surface area contributed by atoms with Crippen LogP contribution in [0.25, 0.3) is 0 Å². The van der Waals surface area contributed by atoms with Gasteiger partial charge in [0.15, 0.2) is 0 Å². The first kappa shape index (κ1) is 26.3. The van der Waals surface area contributed by atoms with Crippen molar-refractivity contribution in [3.63, 3.8) is 0 Å². The van der Waals surface area contributed by atoms with Gasteiger partial charge in [-0.15, -0.1) is 11.8 Å². The van der Waals surface area contributed by atoms with Crippen molar-refractivity contribution in [1.82, 2.24) is 10.2 Å². The number of nitro groups is 1. The summed E-state index contributed by atoms with van der Waals surface area (Å²) in [7, 11) is 0. The predicted molar refractivity (Wildman–Crippen MR) is 136 cm³/mol. The third kappa shape index (κ3) is 7.35. The topological polar surface area (TPSA) is 92.6 Å². The molecule has 0 aliphatic heterocycles. The normalized spacial score (nSPS) is 14.6. The number of nitrogens with zero attached hydrogens (tertiary/aromatic N) is 2. The Balaban J connectivity index is 1.67. The molecule has 0 spiro atoms. The van der Waals surface area contributed by atoms with E-state index in [2.05, 4.69) is 5.32 Å². The van der Waals surface area contributed by atoms with Gasteiger partial charge in [-0.3, -0.25) is 19.7 Å². The molecule has 0 aromatic heterocycles. The molecule has 1 aliphatic carbocycles. The van der Waals surface area contributed by atoms with Crippen LogP contribution >= 0.6 is 35.0 Å². The lowest BCUT2D eigenvalue weighted by Gasteiger charge is -2.30. The number of rotatable bonds is 10. The summed E-state index contributed by atoms with van der Waals surface area (Å²) in [4.78, 5) is 38.1. The van der Waals surface area contributed by atoms with Crippen molar-refractivity contribution >= 4 is 52.5 Å². The molecule has 7 nitrogen and oxygen atoms in total. The number of nitrogens with one attached hydrogen (secondary N) is 1. The average molecular weight is 524 g/mol. The maximum Gasteiger partial charge on any atom is 0.269 e. The van der Waals surface area contributed by atoms with Crippen LogP contribution in [0.2, 0.25) is 10.0 Å². The summed E-state index contributed by atoms with van der Waals surface area (Å²) in [6.45, 7) is 1.92. The van der Waals surface area contributed by atoms with Crippen molar-refractivity contribution in [2.75, 3.05) is 5.75 Å². The highest BCUT2D eigenvalue weighted by Gasteiger charge is 2.28. The first-order valence-corrected chi connectivity index (χ1v) is 13.0. The smallest absolute Gasteiger partial charge is 0.269 e. The molecule has 2 aromatic carbocycles. The van der Waals surface area contributed by atoms with Crippen LogP contribution in [0.1, 0.15) is 43.7 Å². The van der Waals surface area contributed by atoms with Crippen molar-refractivity contribution in [2.45, 2.75) is 57.0 Å². The molecule has 1 fully saturated rings. The first-order chi connectivity index (χ1) is 16.2. The molecule has 1 saturated carbocycles. The Morgan fingerprint density at radius 2 is 1.85 bits per heavy atom. The van der Waals surface area contributed by atoms with Crippen LogP contribution < -0.4 is 5.32 Å². The molecule has 2 aromatic rings. The third-order valence-corrected chi connectivity index (χ3v) is 7.44. The van der Waals surface area contributed by atoms with E-state index in [1.807, 2.05) is 0 Å². The number of non-ortho nitro benzene ring substituents is 1. The zero-order valence-corrected chi connectivity index (χ0v) is 21.2. The predicted octanol–water partition coefficient (Wildman–Crippen LogP) is 5.61. The second-order valence-corrected chi connectivity index (χ2v) is 10.2. The fraction of sp³-hybridized carbons (Fsp3) is 0.417. The van der Waals surface area contributed by atoms with Crippen molar-refractivity contribution in [3.8, 4) is 0 Å². The Hall–Kier alpha value is -2.29. The summed E-state index contributed by atoms with van der Waals surface area (Å²) in [5, 5.41) is 14.8. The van der Waals surface area contributed by atoms with Crippen LogP contribution in [0.3, 0.4) is 0 Å². The number of nitro benzene ring substituents is 1. The van der Waals surface area contributed by atoms with Crippen LogP contribution in [0.15, 0.2) is 42.5 Å². The third-order valence-electron chi connectivity index (χ3n) is 5.87. The van der Waals surface area contributed by atoms with Gasteiger partial charge < -0.3 is 10.2 Å². The Bertz CT molecular complexity index is 1030. The van der Waals surface area contributed by atoms with Crippen molar-refractivity contribution in [3.05, 3.63) is 73.8 Å². The molecule has 0 unspecified atom stereocenters. The molecule has 1 aliphatic rings. The van der Waals surface area contributed by atoms with Crippen LogP contribution in [-0.4, -0.2) is 39.5 Å². The van der Waals surface area contributed by atoms with E-state index in [-0.39, 0.29) is 35.8 Å². The van der Waals surface area contributed by atoms with E-state index in [0.717, 1.165) is 31.2 Å². The maximum atomic E-state index is 13.2. The van der Waals surface area contributed by atoms with Gasteiger partial charge in [-0.1, -0.05) is 54.2 Å². The molecule has 34 heavy (non-hydrogen) atoms. The van der Waals surface area contributed by atoms with Crippen LogP contribution in [-0.2, 0) is 21.9 Å². The average Bonchev–Trinajstić information content (AvgIpc) is 3.31. The van der Waals surface area contributed by atoms with Gasteiger partial charge in [-0.2, -0.15) is 0 Å². The molecule has 0 heterocycles. The summed E-state index contributed by atoms with van der Waals surface area (Å²) in [5.74, 6) is 0.309. The number of halogens is 2. The number of hydrogen-bond donors (Lipinski definition) is 1. The number of amides is 2. The molecule has 1 atom stereocenters. The zero-order valence-electron chi connectivity index (χ0n) is 18.8. The molecule has 0 radical (unpaired) electrons. The molecule has 0 saturated heterocycles. The van der Waals surface area contributed by atoms with E-state index in [9.17, 15) is 19.7 Å². The molecule has 1 N–H and O–H groups in total. The number of thioether (sulfide) groups is 1. The van der Waals surface area contributed by atoms with E-state index in [0.29, 0.717) is 21.4 Å². The summed E-state index contributed by atoms with van der Waals surface area (Å²) >= 11 is 13.7. The zero-order chi connectivity index (χ0) is 24.7. The Labute approximate surface area is 213 Å². The standard InChI is InChI=1S/C24H27Cl2N3O4S/c1-16(24(31)27-20-4-2-3-5-20)28(13-18-8-9-19(25)12-22(18)26)23(30)15-34-14-17-6-10-21(11-7-17)29(32)33/h6-12,16,20H,2-5,13-15H2,1H3,(H,27,31)/t16-/m1/s1. The fourth-order valence-corrected chi connectivity index (χ4v) is 5.20. The molecular weight excluding hydrogens is 497 g/mol. The molecule has 0 bridgehead atoms. The van der Waals surface area contributed by atoms with Gasteiger partial charge in [0.05, 0.1) is 10.7 Å². The molecule has 182 valence electrons. The highest BCUT2D eigenvalue weighted by atomic mass is 35.5. The van der Waals surface area contributed by atoms with Crippen molar-refractivity contribution in [1.29, 1.82) is 0 Å². The summed E-state index contributed by atoms with van der Waals surface area (Å²) < 4.78 is 0. The minimum absolute atomic E-state index is 0.0259. The largest absolute Gasteiger partial charge is 0.352 e. The van der Waals surface area contributed by atoms with Gasteiger partial charge in [0.1, 0.15) is 6.04 Å². The number of hydrogen-bond acceptors (Lipinski definition) is 5. The van der Waals surface area contributed by atoms with Gasteiger partial charge in [0.2, 0.25) is 11.8 Å². The lowest BCUT2D eigenvalue weighted by molar-refractivity contribution is -0.384. The van der Waals surface area contributed by atoms with Crippen molar-refractivity contribution < 1.29 is 14.5 Å². The van der Waals surface area contributed by atoms with E-state index >= 15 is 0 Å². The van der Waals surface area contributed by atoms with E-state index in [1.165, 1.54) is 23.9 Å². The number of carbonyl (C=O) groups excluding carboxylic acids is 2. The Morgan fingerprint density at radius 1 is 1.18 bits per heavy atom. The van der Waals surface area contributed by atoms with Gasteiger partial charge in [-0.05, 0) is 43.0 Å². The number of benzene rings is 2. The maximum absolute atomic E-state index is 13.2. The molecule has 3 rings (SSSR count). The minimum Gasteiger partial charge on any atom is -0.352 e. The van der Waals surface area contributed by atoms with Gasteiger partial charge in [0.25, 0.3) is 5.69 Å². The SMILES string of the molecule is C[C@H](C(=O)NC1CCCC1)N(Cc1ccc(Cl)cc1Cl)C(=O)CSCc1ccc([N+](=O)[O-])cc1. The lowest BCUT2D eigenvalue weighted by Crippen LogP contribution is -2.50. The van der Waals surface area contributed by atoms with E-state index in [4.69, 9.17) is 23.2 Å². The second-order valence-electron chi connectivity index (χ2n) is 8.34. The molecule has 2 amide bonds. The van der Waals surface area contributed by atoms with Gasteiger partial charge in [-0.25, -0.2) is 0 Å². The van der Waals surface area contributed by atoms with Crippen LogP contribution in [0, 0.1) is 10.1 Å². The van der Waals surface area contributed by atoms with Crippen LogP contribution in [0.5, 0.6) is 0 Å². The van der Waals surface area contributed by atoms with Gasteiger partial charge >= 0.3 is 0 Å². The summed E-state index contributed by atoms with van der Waals surface area (Å²) in [6, 6.07) is 10.8. The van der Waals surface area contributed by atoms with Crippen molar-refractivity contribution in [2.24, 2.45) is 0 Å². The quantitative estimate of drug-likeness (QED) is 0.322. The molecular formula is C24H27Cl2N3O4S. The molecule has 10 heteroatoms. The Kier molecular flexibility index (Phi) is 9.62. The summed E-state index contributed by atoms with van der Waals surface area (Å²) in [6.07, 6.45) is 4.12. The highest BCUT2D eigenvalue weighted by molar-refractivity contribution is 7.99. The monoisotopic (exact) mass is 523 g/mol. The second kappa shape index (κ2) is 12.4. The Morgan fingerprint density at radius 3 is 2.47 bits per heavy atom. The van der Waals surface area contributed by atoms with E-state index < -0.39 is 11.0 Å². The number of carbonyl (C=O) groups is 2. The first-order valence-electron chi connectivity index (χ1n) is 11.1. The lowest BCUT2D eigenvalue weighted by atomic mass is 10.1. The summed E-state index contributed by atoms with van der Waals surface area (Å²) in [5.41, 5.74) is 1.61. The fourth-order valence-electron chi connectivity index (χ4n) is 3.86. The van der Waals surface area contributed by atoms with Gasteiger partial charge in [0, 0.05) is 40.5 Å². The highest BCUT2D eigenvalue weighted by Crippen LogP contribution is 2.25.